The lowest BCUT2D eigenvalue weighted by atomic mass is 9.86. The second-order valence-electron chi connectivity index (χ2n) is 10.7. The summed E-state index contributed by atoms with van der Waals surface area (Å²) in [6.07, 6.45) is 5.98. The maximum absolute atomic E-state index is 13.5. The molecule has 1 aliphatic rings. The van der Waals surface area contributed by atoms with Crippen molar-refractivity contribution < 1.29 is 14.3 Å². The van der Waals surface area contributed by atoms with Gasteiger partial charge in [-0.15, -0.1) is 0 Å². The Morgan fingerprint density at radius 2 is 1.60 bits per heavy atom. The Morgan fingerprint density at radius 3 is 2.14 bits per heavy atom. The van der Waals surface area contributed by atoms with Crippen LogP contribution in [0.2, 0.25) is 0 Å². The number of methoxy groups -OCH3 is 1. The highest BCUT2D eigenvalue weighted by Crippen LogP contribution is 2.23. The van der Waals surface area contributed by atoms with E-state index >= 15 is 0 Å². The van der Waals surface area contributed by atoms with Crippen LogP contribution in [0.3, 0.4) is 0 Å². The first kappa shape index (κ1) is 26.8. The monoisotopic (exact) mass is 478 g/mol. The zero-order valence-corrected chi connectivity index (χ0v) is 22.1. The van der Waals surface area contributed by atoms with Crippen LogP contribution in [0.5, 0.6) is 5.75 Å². The van der Waals surface area contributed by atoms with E-state index in [9.17, 15) is 9.59 Å². The van der Waals surface area contributed by atoms with Gasteiger partial charge < -0.3 is 15.0 Å². The van der Waals surface area contributed by atoms with Gasteiger partial charge in [-0.05, 0) is 59.9 Å². The van der Waals surface area contributed by atoms with Gasteiger partial charge in [0.05, 0.1) is 7.11 Å². The van der Waals surface area contributed by atoms with E-state index in [-0.39, 0.29) is 23.3 Å². The van der Waals surface area contributed by atoms with Gasteiger partial charge >= 0.3 is 0 Å². The molecule has 2 amide bonds. The van der Waals surface area contributed by atoms with Crippen LogP contribution in [0.15, 0.2) is 48.5 Å². The van der Waals surface area contributed by atoms with Gasteiger partial charge in [-0.25, -0.2) is 0 Å². The van der Waals surface area contributed by atoms with Gasteiger partial charge in [-0.3, -0.25) is 9.59 Å². The summed E-state index contributed by atoms with van der Waals surface area (Å²) in [6.45, 7) is 8.99. The van der Waals surface area contributed by atoms with Gasteiger partial charge in [-0.1, -0.05) is 76.9 Å². The molecule has 0 radical (unpaired) electrons. The number of aryl methyl sites for hydroxylation is 1. The summed E-state index contributed by atoms with van der Waals surface area (Å²) in [6, 6.07) is 16.0. The maximum Gasteiger partial charge on any atom is 0.243 e. The minimum atomic E-state index is -0.478. The molecule has 0 aromatic heterocycles. The molecule has 0 spiro atoms. The lowest BCUT2D eigenvalue weighted by Gasteiger charge is -2.31. The van der Waals surface area contributed by atoms with Crippen molar-refractivity contribution >= 4 is 11.8 Å². The van der Waals surface area contributed by atoms with Crippen LogP contribution >= 0.6 is 0 Å². The number of nitrogens with zero attached hydrogens (tertiary/aromatic N) is 1. The predicted octanol–water partition coefficient (Wildman–Crippen LogP) is 5.79. The molecule has 0 saturated heterocycles. The van der Waals surface area contributed by atoms with Gasteiger partial charge in [0.25, 0.3) is 0 Å². The predicted molar refractivity (Wildman–Crippen MR) is 141 cm³/mol. The fraction of sp³-hybridized carbons (Fsp3) is 0.533. The number of amides is 2. The number of ether oxygens (including phenoxy) is 1. The average molecular weight is 479 g/mol. The molecule has 1 N–H and O–H groups in total. The molecular weight excluding hydrogens is 436 g/mol. The largest absolute Gasteiger partial charge is 0.497 e. The number of benzene rings is 2. The van der Waals surface area contributed by atoms with E-state index in [0.717, 1.165) is 42.6 Å². The van der Waals surface area contributed by atoms with Crippen molar-refractivity contribution in [2.45, 2.75) is 96.7 Å². The highest BCUT2D eigenvalue weighted by molar-refractivity contribution is 5.88. The van der Waals surface area contributed by atoms with Crippen LogP contribution < -0.4 is 10.1 Å². The van der Waals surface area contributed by atoms with Crippen LogP contribution in [0.1, 0.15) is 82.9 Å². The summed E-state index contributed by atoms with van der Waals surface area (Å²) in [5.74, 6) is 0.751. The summed E-state index contributed by atoms with van der Waals surface area (Å²) in [5.41, 5.74) is 3.51. The van der Waals surface area contributed by atoms with Crippen molar-refractivity contribution in [3.8, 4) is 5.75 Å². The SMILES string of the molecule is CC[C@H](C(=O)NC1CCCC1)N(Cc1ccc(OC)cc1)C(=O)CCc1ccc(C(C)(C)C)cc1. The van der Waals surface area contributed by atoms with Gasteiger partial charge in [-0.2, -0.15) is 0 Å². The Balaban J connectivity index is 1.74. The van der Waals surface area contributed by atoms with Crippen molar-refractivity contribution in [1.82, 2.24) is 10.2 Å². The summed E-state index contributed by atoms with van der Waals surface area (Å²) in [4.78, 5) is 28.6. The van der Waals surface area contributed by atoms with Crippen molar-refractivity contribution in [2.75, 3.05) is 7.11 Å². The first-order valence-electron chi connectivity index (χ1n) is 13.0. The second kappa shape index (κ2) is 12.2. The zero-order valence-electron chi connectivity index (χ0n) is 22.1. The van der Waals surface area contributed by atoms with Crippen LogP contribution in [-0.4, -0.2) is 35.9 Å². The van der Waals surface area contributed by atoms with Gasteiger partial charge in [0.2, 0.25) is 11.8 Å². The van der Waals surface area contributed by atoms with Crippen LogP contribution in [0.25, 0.3) is 0 Å². The standard InChI is InChI=1S/C30H42N2O3/c1-6-27(29(34)31-25-9-7-8-10-25)32(21-23-13-18-26(35-5)19-14-23)28(33)20-15-22-11-16-24(17-12-22)30(2,3)4/h11-14,16-19,25,27H,6-10,15,20-21H2,1-5H3,(H,31,34)/t27-/m1/s1. The molecule has 2 aromatic carbocycles. The van der Waals surface area contributed by atoms with Gasteiger partial charge in [0.15, 0.2) is 0 Å². The number of rotatable bonds is 10. The molecule has 1 aliphatic carbocycles. The molecule has 190 valence electrons. The number of hydrogen-bond acceptors (Lipinski definition) is 3. The first-order valence-corrected chi connectivity index (χ1v) is 13.0. The average Bonchev–Trinajstić information content (AvgIpc) is 3.35. The summed E-state index contributed by atoms with van der Waals surface area (Å²) in [7, 11) is 1.64. The third-order valence-corrected chi connectivity index (χ3v) is 7.05. The lowest BCUT2D eigenvalue weighted by Crippen LogP contribution is -2.51. The third-order valence-electron chi connectivity index (χ3n) is 7.05. The molecule has 1 saturated carbocycles. The van der Waals surface area contributed by atoms with E-state index in [0.29, 0.717) is 25.8 Å². The smallest absolute Gasteiger partial charge is 0.243 e. The molecule has 35 heavy (non-hydrogen) atoms. The number of carbonyl (C=O) groups excluding carboxylic acids is 2. The maximum atomic E-state index is 13.5. The number of carbonyl (C=O) groups is 2. The lowest BCUT2D eigenvalue weighted by molar-refractivity contribution is -0.141. The molecule has 2 aromatic rings. The van der Waals surface area contributed by atoms with E-state index in [1.54, 1.807) is 12.0 Å². The second-order valence-corrected chi connectivity index (χ2v) is 10.7. The normalized spacial score (nSPS) is 15.0. The van der Waals surface area contributed by atoms with E-state index in [1.807, 2.05) is 31.2 Å². The molecule has 1 atom stereocenters. The van der Waals surface area contributed by atoms with Gasteiger partial charge in [0.1, 0.15) is 11.8 Å². The van der Waals surface area contributed by atoms with Crippen molar-refractivity contribution in [1.29, 1.82) is 0 Å². The molecule has 0 unspecified atom stereocenters. The highest BCUT2D eigenvalue weighted by atomic mass is 16.5. The third kappa shape index (κ3) is 7.58. The molecule has 0 heterocycles. The molecule has 1 fully saturated rings. The fourth-order valence-electron chi connectivity index (χ4n) is 4.78. The van der Waals surface area contributed by atoms with E-state index < -0.39 is 6.04 Å². The first-order chi connectivity index (χ1) is 16.7. The summed E-state index contributed by atoms with van der Waals surface area (Å²) < 4.78 is 5.27. The topological polar surface area (TPSA) is 58.6 Å². The van der Waals surface area contributed by atoms with Crippen LogP contribution in [-0.2, 0) is 28.0 Å². The minimum absolute atomic E-state index is 0.00846. The Bertz CT molecular complexity index is 955. The molecule has 0 bridgehead atoms. The Morgan fingerprint density at radius 1 is 1.00 bits per heavy atom. The Kier molecular flexibility index (Phi) is 9.36. The number of hydrogen-bond donors (Lipinski definition) is 1. The van der Waals surface area contributed by atoms with Gasteiger partial charge in [0, 0.05) is 19.0 Å². The van der Waals surface area contributed by atoms with Crippen molar-refractivity contribution in [3.05, 3.63) is 65.2 Å². The summed E-state index contributed by atoms with van der Waals surface area (Å²) in [5, 5.41) is 3.21. The van der Waals surface area contributed by atoms with Crippen LogP contribution in [0, 0.1) is 0 Å². The minimum Gasteiger partial charge on any atom is -0.497 e. The molecular formula is C30H42N2O3. The van der Waals surface area contributed by atoms with E-state index in [1.165, 1.54) is 5.56 Å². The molecule has 3 rings (SSSR count). The fourth-order valence-corrected chi connectivity index (χ4v) is 4.78. The summed E-state index contributed by atoms with van der Waals surface area (Å²) >= 11 is 0. The Hall–Kier alpha value is -2.82. The number of nitrogens with one attached hydrogen (secondary N) is 1. The van der Waals surface area contributed by atoms with Crippen molar-refractivity contribution in [2.24, 2.45) is 0 Å². The molecule has 5 heteroatoms. The zero-order chi connectivity index (χ0) is 25.4. The molecule has 5 nitrogen and oxygen atoms in total. The molecule has 0 aliphatic heterocycles. The van der Waals surface area contributed by atoms with Crippen LogP contribution in [0.4, 0.5) is 0 Å². The Labute approximate surface area is 211 Å². The van der Waals surface area contributed by atoms with E-state index in [4.69, 9.17) is 4.74 Å². The van der Waals surface area contributed by atoms with E-state index in [2.05, 4.69) is 50.4 Å². The highest BCUT2D eigenvalue weighted by Gasteiger charge is 2.30. The quantitative estimate of drug-likeness (QED) is 0.470. The van der Waals surface area contributed by atoms with Crippen molar-refractivity contribution in [3.63, 3.8) is 0 Å².